The number of nitrogens with zero attached hydrogens (tertiary/aromatic N) is 3. The van der Waals surface area contributed by atoms with Crippen molar-refractivity contribution in [3.05, 3.63) is 45.7 Å². The fourth-order valence-corrected chi connectivity index (χ4v) is 2.13. The molecular weight excluding hydrogens is 262 g/mol. The molecule has 4 nitrogen and oxygen atoms in total. The minimum Gasteiger partial charge on any atom is -0.389 e. The number of rotatable bonds is 2. The van der Waals surface area contributed by atoms with E-state index in [0.717, 1.165) is 11.4 Å². The molecule has 1 N–H and O–H groups in total. The third-order valence-corrected chi connectivity index (χ3v) is 3.59. The van der Waals surface area contributed by atoms with Gasteiger partial charge in [0.25, 0.3) is 0 Å². The van der Waals surface area contributed by atoms with Gasteiger partial charge in [-0.15, -0.1) is 0 Å². The summed E-state index contributed by atoms with van der Waals surface area (Å²) in [5.74, 6) is 0. The molecule has 0 bridgehead atoms. The highest BCUT2D eigenvalue weighted by molar-refractivity contribution is 6.31. The smallest absolute Gasteiger partial charge is 0.0992 e. The van der Waals surface area contributed by atoms with Gasteiger partial charge in [0.1, 0.15) is 0 Å². The van der Waals surface area contributed by atoms with Gasteiger partial charge in [0, 0.05) is 5.56 Å². The highest BCUT2D eigenvalue weighted by Gasteiger charge is 2.16. The SMILES string of the molecule is Cc1nn(-c2cc(C#N)ccc2[C@@H](C)O)c(C)c1Cl. The fraction of sp³-hybridized carbons (Fsp3) is 0.286. The topological polar surface area (TPSA) is 61.8 Å². The van der Waals surface area contributed by atoms with Crippen molar-refractivity contribution in [2.75, 3.05) is 0 Å². The molecule has 2 rings (SSSR count). The van der Waals surface area contributed by atoms with Crippen LogP contribution in [0.15, 0.2) is 18.2 Å². The summed E-state index contributed by atoms with van der Waals surface area (Å²) in [6.07, 6.45) is -0.648. The lowest BCUT2D eigenvalue weighted by Crippen LogP contribution is -2.06. The molecule has 1 atom stereocenters. The van der Waals surface area contributed by atoms with Gasteiger partial charge in [0.05, 0.1) is 39.8 Å². The Balaban J connectivity index is 2.72. The Labute approximate surface area is 116 Å². The Morgan fingerprint density at radius 2 is 2.11 bits per heavy atom. The summed E-state index contributed by atoms with van der Waals surface area (Å²) in [6, 6.07) is 7.21. The van der Waals surface area contributed by atoms with Crippen LogP contribution in [-0.4, -0.2) is 14.9 Å². The van der Waals surface area contributed by atoms with Crippen LogP contribution in [0.25, 0.3) is 5.69 Å². The zero-order chi connectivity index (χ0) is 14.2. The second kappa shape index (κ2) is 5.04. The van der Waals surface area contributed by atoms with Crippen LogP contribution in [0.4, 0.5) is 0 Å². The zero-order valence-corrected chi connectivity index (χ0v) is 11.7. The number of nitriles is 1. The van der Waals surface area contributed by atoms with E-state index < -0.39 is 6.10 Å². The summed E-state index contributed by atoms with van der Waals surface area (Å²) in [4.78, 5) is 0. The van der Waals surface area contributed by atoms with Crippen molar-refractivity contribution in [2.24, 2.45) is 0 Å². The number of aliphatic hydroxyl groups is 1. The molecule has 0 aliphatic rings. The molecule has 0 saturated carbocycles. The summed E-state index contributed by atoms with van der Waals surface area (Å²) in [7, 11) is 0. The molecule has 0 aliphatic heterocycles. The number of hydrogen-bond acceptors (Lipinski definition) is 3. The van der Waals surface area contributed by atoms with Crippen LogP contribution in [0, 0.1) is 25.2 Å². The van der Waals surface area contributed by atoms with E-state index in [1.165, 1.54) is 0 Å². The molecule has 0 unspecified atom stereocenters. The van der Waals surface area contributed by atoms with Crippen LogP contribution >= 0.6 is 11.6 Å². The van der Waals surface area contributed by atoms with Crippen LogP contribution in [0.2, 0.25) is 5.02 Å². The van der Waals surface area contributed by atoms with Crippen molar-refractivity contribution in [1.82, 2.24) is 9.78 Å². The van der Waals surface area contributed by atoms with Gasteiger partial charge in [0.15, 0.2) is 0 Å². The van der Waals surface area contributed by atoms with Gasteiger partial charge in [0.2, 0.25) is 0 Å². The molecule has 2 aromatic rings. The average molecular weight is 276 g/mol. The van der Waals surface area contributed by atoms with Crippen molar-refractivity contribution < 1.29 is 5.11 Å². The average Bonchev–Trinajstić information content (AvgIpc) is 2.65. The summed E-state index contributed by atoms with van der Waals surface area (Å²) >= 11 is 6.14. The molecule has 1 aromatic heterocycles. The largest absolute Gasteiger partial charge is 0.389 e. The fourth-order valence-electron chi connectivity index (χ4n) is 2.01. The summed E-state index contributed by atoms with van der Waals surface area (Å²) in [5, 5.41) is 23.8. The van der Waals surface area contributed by atoms with E-state index in [-0.39, 0.29) is 0 Å². The van der Waals surface area contributed by atoms with Gasteiger partial charge >= 0.3 is 0 Å². The van der Waals surface area contributed by atoms with E-state index in [9.17, 15) is 5.11 Å². The monoisotopic (exact) mass is 275 g/mol. The van der Waals surface area contributed by atoms with Gasteiger partial charge in [-0.1, -0.05) is 17.7 Å². The van der Waals surface area contributed by atoms with Gasteiger partial charge in [-0.25, -0.2) is 4.68 Å². The molecular formula is C14H14ClN3O. The summed E-state index contributed by atoms with van der Waals surface area (Å²) in [5.41, 5.74) is 3.42. The van der Waals surface area contributed by atoms with E-state index in [0.29, 0.717) is 21.8 Å². The van der Waals surface area contributed by atoms with Gasteiger partial charge in [-0.3, -0.25) is 0 Å². The van der Waals surface area contributed by atoms with Crippen LogP contribution in [0.3, 0.4) is 0 Å². The van der Waals surface area contributed by atoms with E-state index in [4.69, 9.17) is 16.9 Å². The molecule has 0 radical (unpaired) electrons. The van der Waals surface area contributed by atoms with Crippen molar-refractivity contribution in [2.45, 2.75) is 26.9 Å². The number of benzene rings is 1. The zero-order valence-electron chi connectivity index (χ0n) is 11.0. The number of aliphatic hydroxyl groups excluding tert-OH is 1. The molecule has 5 heteroatoms. The first-order valence-corrected chi connectivity index (χ1v) is 6.27. The first-order chi connectivity index (χ1) is 8.95. The predicted octanol–water partition coefficient (Wildman–Crippen LogP) is 3.07. The standard InChI is InChI=1S/C14H14ClN3O/c1-8-14(15)9(2)18(17-8)13-6-11(7-16)4-5-12(13)10(3)19/h4-6,10,19H,1-3H3/t10-/m1/s1. The number of hydrogen-bond donors (Lipinski definition) is 1. The third kappa shape index (κ3) is 2.35. The number of aryl methyl sites for hydroxylation is 1. The van der Waals surface area contributed by atoms with Gasteiger partial charge in [-0.2, -0.15) is 10.4 Å². The second-order valence-corrected chi connectivity index (χ2v) is 4.84. The molecule has 0 saturated heterocycles. The lowest BCUT2D eigenvalue weighted by Gasteiger charge is -2.13. The number of aromatic nitrogens is 2. The summed E-state index contributed by atoms with van der Waals surface area (Å²) in [6.45, 7) is 5.35. The highest BCUT2D eigenvalue weighted by atomic mass is 35.5. The molecule has 0 fully saturated rings. The molecule has 98 valence electrons. The molecule has 1 aromatic carbocycles. The van der Waals surface area contributed by atoms with Crippen molar-refractivity contribution in [3.8, 4) is 11.8 Å². The van der Waals surface area contributed by atoms with E-state index in [2.05, 4.69) is 11.2 Å². The Morgan fingerprint density at radius 3 is 2.58 bits per heavy atom. The maximum absolute atomic E-state index is 9.84. The Bertz CT molecular complexity index is 668. The van der Waals surface area contributed by atoms with Crippen molar-refractivity contribution in [1.29, 1.82) is 5.26 Å². The van der Waals surface area contributed by atoms with Gasteiger partial charge in [-0.05, 0) is 32.9 Å². The van der Waals surface area contributed by atoms with Crippen LogP contribution < -0.4 is 0 Å². The van der Waals surface area contributed by atoms with E-state index >= 15 is 0 Å². The second-order valence-electron chi connectivity index (χ2n) is 4.46. The van der Waals surface area contributed by atoms with Crippen LogP contribution in [0.5, 0.6) is 0 Å². The highest BCUT2D eigenvalue weighted by Crippen LogP contribution is 2.27. The maximum Gasteiger partial charge on any atom is 0.0992 e. The lowest BCUT2D eigenvalue weighted by atomic mass is 10.1. The lowest BCUT2D eigenvalue weighted by molar-refractivity contribution is 0.199. The van der Waals surface area contributed by atoms with Crippen LogP contribution in [-0.2, 0) is 0 Å². The molecule has 19 heavy (non-hydrogen) atoms. The minimum absolute atomic E-state index is 0.517. The first kappa shape index (κ1) is 13.6. The third-order valence-electron chi connectivity index (χ3n) is 3.04. The predicted molar refractivity (Wildman–Crippen MR) is 73.4 cm³/mol. The minimum atomic E-state index is -0.648. The quantitative estimate of drug-likeness (QED) is 0.916. The summed E-state index contributed by atoms with van der Waals surface area (Å²) < 4.78 is 1.67. The normalized spacial score (nSPS) is 12.2. The van der Waals surface area contributed by atoms with E-state index in [1.807, 2.05) is 13.8 Å². The van der Waals surface area contributed by atoms with Crippen molar-refractivity contribution >= 4 is 11.6 Å². The Kier molecular flexibility index (Phi) is 3.61. The van der Waals surface area contributed by atoms with Crippen LogP contribution in [0.1, 0.15) is 35.5 Å². The van der Waals surface area contributed by atoms with Gasteiger partial charge < -0.3 is 5.11 Å². The molecule has 1 heterocycles. The Morgan fingerprint density at radius 1 is 1.42 bits per heavy atom. The molecule has 0 aliphatic carbocycles. The Hall–Kier alpha value is -1.83. The maximum atomic E-state index is 9.84. The first-order valence-electron chi connectivity index (χ1n) is 5.90. The van der Waals surface area contributed by atoms with Crippen molar-refractivity contribution in [3.63, 3.8) is 0 Å². The van der Waals surface area contributed by atoms with E-state index in [1.54, 1.807) is 29.8 Å². The molecule has 0 spiro atoms. The molecule has 0 amide bonds. The number of halogens is 1.